The van der Waals surface area contributed by atoms with Crippen LogP contribution < -0.4 is 5.32 Å². The number of nitrogens with zero attached hydrogens (tertiary/aromatic N) is 3. The lowest BCUT2D eigenvalue weighted by atomic mass is 9.94. The molecule has 0 fully saturated rings. The minimum atomic E-state index is -0.135. The van der Waals surface area contributed by atoms with Gasteiger partial charge in [-0.2, -0.15) is 0 Å². The predicted molar refractivity (Wildman–Crippen MR) is 219 cm³/mol. The number of hydrogen-bond acceptors (Lipinski definition) is 3. The number of benzene rings is 8. The molecular formula is C48H30N4O. The Labute approximate surface area is 303 Å². The molecule has 0 saturated carbocycles. The van der Waals surface area contributed by atoms with Crippen molar-refractivity contribution in [2.24, 2.45) is 4.99 Å². The van der Waals surface area contributed by atoms with Gasteiger partial charge in [-0.1, -0.05) is 109 Å². The Kier molecular flexibility index (Phi) is 5.77. The van der Waals surface area contributed by atoms with E-state index in [1.54, 1.807) is 0 Å². The third kappa shape index (κ3) is 4.04. The fraction of sp³-hybridized carbons (Fsp3) is 0.0208. The number of fused-ring (bicyclic) bond motifs is 12. The van der Waals surface area contributed by atoms with Crippen molar-refractivity contribution in [1.29, 1.82) is 0 Å². The van der Waals surface area contributed by atoms with Crippen molar-refractivity contribution in [3.8, 4) is 5.69 Å². The molecule has 1 unspecified atom stereocenters. The molecule has 248 valence electrons. The first kappa shape index (κ1) is 28.6. The summed E-state index contributed by atoms with van der Waals surface area (Å²) in [4.78, 5) is 5.35. The fourth-order valence-corrected chi connectivity index (χ4v) is 8.78. The van der Waals surface area contributed by atoms with Gasteiger partial charge in [-0.05, 0) is 71.6 Å². The Bertz CT molecular complexity index is 3330. The minimum Gasteiger partial charge on any atom is -0.455 e. The van der Waals surface area contributed by atoms with Gasteiger partial charge in [-0.3, -0.25) is 4.57 Å². The molecule has 1 atom stereocenters. The average Bonchev–Trinajstić information content (AvgIpc) is 3.87. The Balaban J connectivity index is 1.09. The molecule has 53 heavy (non-hydrogen) atoms. The summed E-state index contributed by atoms with van der Waals surface area (Å²) in [6.45, 7) is 0. The molecule has 5 heteroatoms. The van der Waals surface area contributed by atoms with Gasteiger partial charge in [0.1, 0.15) is 11.2 Å². The minimum absolute atomic E-state index is 0.135. The normalized spacial score (nSPS) is 14.5. The van der Waals surface area contributed by atoms with Crippen molar-refractivity contribution in [3.05, 3.63) is 181 Å². The number of hydrogen-bond donors (Lipinski definition) is 1. The number of para-hydroxylation sites is 4. The van der Waals surface area contributed by atoms with Crippen LogP contribution in [-0.2, 0) is 0 Å². The van der Waals surface area contributed by atoms with Gasteiger partial charge in [0.05, 0.1) is 33.8 Å². The Morgan fingerprint density at radius 3 is 1.98 bits per heavy atom. The SMILES string of the molecule is c1ccc(-n2c3ccccc3c3cc4c5ccccc5n(C5=Nc6ccccc6C(c6ccc7oc8c9ccccc9ccc8c7c6)N5)c4cc32)cc1. The van der Waals surface area contributed by atoms with Crippen LogP contribution in [0.15, 0.2) is 179 Å². The van der Waals surface area contributed by atoms with Crippen LogP contribution >= 0.6 is 0 Å². The molecule has 0 spiro atoms. The molecule has 3 aromatic heterocycles. The van der Waals surface area contributed by atoms with Crippen molar-refractivity contribution >= 4 is 88.0 Å². The molecule has 5 nitrogen and oxygen atoms in total. The predicted octanol–water partition coefficient (Wildman–Crippen LogP) is 12.2. The van der Waals surface area contributed by atoms with E-state index in [9.17, 15) is 0 Å². The molecular weight excluding hydrogens is 649 g/mol. The maximum atomic E-state index is 6.50. The highest BCUT2D eigenvalue weighted by Gasteiger charge is 2.28. The molecule has 0 amide bonds. The van der Waals surface area contributed by atoms with Crippen LogP contribution in [0.3, 0.4) is 0 Å². The molecule has 12 rings (SSSR count). The molecule has 8 aromatic carbocycles. The van der Waals surface area contributed by atoms with Crippen LogP contribution in [0.4, 0.5) is 5.69 Å². The molecule has 1 N–H and O–H groups in total. The van der Waals surface area contributed by atoms with Gasteiger partial charge >= 0.3 is 0 Å². The molecule has 0 aliphatic carbocycles. The van der Waals surface area contributed by atoms with E-state index in [0.29, 0.717) is 0 Å². The number of furan rings is 1. The van der Waals surface area contributed by atoms with E-state index in [-0.39, 0.29) is 6.04 Å². The van der Waals surface area contributed by atoms with Crippen molar-refractivity contribution in [1.82, 2.24) is 14.5 Å². The summed E-state index contributed by atoms with van der Waals surface area (Å²) in [5.74, 6) is 0.796. The third-order valence-electron chi connectivity index (χ3n) is 11.2. The zero-order valence-corrected chi connectivity index (χ0v) is 28.5. The average molecular weight is 679 g/mol. The largest absolute Gasteiger partial charge is 0.455 e. The summed E-state index contributed by atoms with van der Waals surface area (Å²) in [7, 11) is 0. The first-order chi connectivity index (χ1) is 26.3. The smallest absolute Gasteiger partial charge is 0.209 e. The fourth-order valence-electron chi connectivity index (χ4n) is 8.78. The van der Waals surface area contributed by atoms with Gasteiger partial charge < -0.3 is 14.3 Å². The highest BCUT2D eigenvalue weighted by Crippen LogP contribution is 2.42. The lowest BCUT2D eigenvalue weighted by molar-refractivity contribution is 0.671. The maximum Gasteiger partial charge on any atom is 0.209 e. The van der Waals surface area contributed by atoms with E-state index in [4.69, 9.17) is 9.41 Å². The highest BCUT2D eigenvalue weighted by molar-refractivity contribution is 6.21. The van der Waals surface area contributed by atoms with Crippen molar-refractivity contribution < 1.29 is 4.42 Å². The van der Waals surface area contributed by atoms with E-state index in [1.807, 2.05) is 0 Å². The maximum absolute atomic E-state index is 6.50. The molecule has 0 bridgehead atoms. The van der Waals surface area contributed by atoms with Crippen LogP contribution in [-0.4, -0.2) is 15.1 Å². The molecule has 0 saturated heterocycles. The van der Waals surface area contributed by atoms with Crippen molar-refractivity contribution in [2.75, 3.05) is 0 Å². The van der Waals surface area contributed by atoms with Gasteiger partial charge in [-0.15, -0.1) is 0 Å². The molecule has 1 aliphatic rings. The van der Waals surface area contributed by atoms with E-state index in [2.05, 4.69) is 184 Å². The van der Waals surface area contributed by atoms with Gasteiger partial charge in [-0.25, -0.2) is 4.99 Å². The van der Waals surface area contributed by atoms with Crippen LogP contribution in [0.25, 0.3) is 82.0 Å². The quantitative estimate of drug-likeness (QED) is 0.198. The van der Waals surface area contributed by atoms with Crippen LogP contribution in [0.2, 0.25) is 0 Å². The second kappa shape index (κ2) is 10.7. The number of aliphatic imine (C=N–C) groups is 1. The summed E-state index contributed by atoms with van der Waals surface area (Å²) < 4.78 is 11.2. The van der Waals surface area contributed by atoms with Gasteiger partial charge in [0.2, 0.25) is 5.96 Å². The Morgan fingerprint density at radius 2 is 1.15 bits per heavy atom. The summed E-state index contributed by atoms with van der Waals surface area (Å²) >= 11 is 0. The van der Waals surface area contributed by atoms with Crippen LogP contribution in [0, 0.1) is 0 Å². The highest BCUT2D eigenvalue weighted by atomic mass is 16.3. The molecule has 11 aromatic rings. The van der Waals surface area contributed by atoms with Gasteiger partial charge in [0.25, 0.3) is 0 Å². The van der Waals surface area contributed by atoms with Crippen molar-refractivity contribution in [2.45, 2.75) is 6.04 Å². The van der Waals surface area contributed by atoms with Crippen LogP contribution in [0.5, 0.6) is 0 Å². The topological polar surface area (TPSA) is 47.4 Å². The van der Waals surface area contributed by atoms with E-state index in [1.165, 1.54) is 32.4 Å². The van der Waals surface area contributed by atoms with E-state index in [0.717, 1.165) is 72.3 Å². The Hall–Kier alpha value is -7.11. The first-order valence-corrected chi connectivity index (χ1v) is 18.1. The summed E-state index contributed by atoms with van der Waals surface area (Å²) in [6.07, 6.45) is 0. The summed E-state index contributed by atoms with van der Waals surface area (Å²) in [6, 6.07) is 60.5. The summed E-state index contributed by atoms with van der Waals surface area (Å²) in [5.41, 5.74) is 10.8. The number of nitrogens with one attached hydrogen (secondary N) is 1. The zero-order valence-electron chi connectivity index (χ0n) is 28.5. The standard InChI is InChI=1S/C48H30N4O/c1-2-13-31(14-3-1)51-41-20-10-7-16-33(41)37-27-38-34-17-8-11-21-42(34)52(44(38)28-43(37)51)48-49-40-19-9-6-18-36(40)46(50-48)30-23-25-45-39(26-30)35-24-22-29-12-4-5-15-32(29)47(35)53-45/h1-28,46H,(H,49,50). The zero-order chi connectivity index (χ0) is 34.6. The lowest BCUT2D eigenvalue weighted by Crippen LogP contribution is -2.36. The Morgan fingerprint density at radius 1 is 0.472 bits per heavy atom. The van der Waals surface area contributed by atoms with Gasteiger partial charge in [0, 0.05) is 49.0 Å². The first-order valence-electron chi connectivity index (χ1n) is 18.1. The summed E-state index contributed by atoms with van der Waals surface area (Å²) in [5, 5.41) is 13.3. The van der Waals surface area contributed by atoms with E-state index < -0.39 is 0 Å². The van der Waals surface area contributed by atoms with Crippen molar-refractivity contribution in [3.63, 3.8) is 0 Å². The molecule has 0 radical (unpaired) electrons. The van der Waals surface area contributed by atoms with Gasteiger partial charge in [0.15, 0.2) is 0 Å². The molecule has 1 aliphatic heterocycles. The lowest BCUT2D eigenvalue weighted by Gasteiger charge is -2.28. The van der Waals surface area contributed by atoms with Crippen LogP contribution in [0.1, 0.15) is 17.2 Å². The monoisotopic (exact) mass is 678 g/mol. The molecule has 4 heterocycles. The van der Waals surface area contributed by atoms with E-state index >= 15 is 0 Å². The third-order valence-corrected chi connectivity index (χ3v) is 11.2. The number of rotatable bonds is 2. The second-order valence-corrected chi connectivity index (χ2v) is 14.0. The second-order valence-electron chi connectivity index (χ2n) is 14.0. The number of aromatic nitrogens is 2.